The SMILES string of the molecule is CC(C)c1nc(N2CCC(N3CCC[C@H](C(=O)NC4CC4)C3)CC2)no1. The molecule has 2 saturated heterocycles. The number of rotatable bonds is 5. The first-order valence-electron chi connectivity index (χ1n) is 10.2. The van der Waals surface area contributed by atoms with Crippen molar-refractivity contribution in [3.05, 3.63) is 5.89 Å². The van der Waals surface area contributed by atoms with Crippen LogP contribution in [0.15, 0.2) is 4.52 Å². The fraction of sp³-hybridized carbons (Fsp3) is 0.842. The predicted octanol–water partition coefficient (Wildman–Crippen LogP) is 2.15. The molecule has 1 aromatic heterocycles. The average molecular weight is 361 g/mol. The first kappa shape index (κ1) is 17.8. The zero-order valence-electron chi connectivity index (χ0n) is 16.0. The molecule has 1 aliphatic carbocycles. The second-order valence-electron chi connectivity index (χ2n) is 8.42. The van der Waals surface area contributed by atoms with E-state index in [1.165, 1.54) is 0 Å². The Morgan fingerprint density at radius 2 is 1.92 bits per heavy atom. The largest absolute Gasteiger partial charge is 0.353 e. The molecule has 0 unspecified atom stereocenters. The van der Waals surface area contributed by atoms with Crippen LogP contribution >= 0.6 is 0 Å². The Balaban J connectivity index is 1.28. The van der Waals surface area contributed by atoms with Crippen LogP contribution in [-0.2, 0) is 4.79 Å². The number of likely N-dealkylation sites (tertiary alicyclic amines) is 1. The topological polar surface area (TPSA) is 74.5 Å². The molecule has 4 rings (SSSR count). The molecule has 1 saturated carbocycles. The van der Waals surface area contributed by atoms with Crippen molar-refractivity contribution in [2.24, 2.45) is 5.92 Å². The minimum atomic E-state index is 0.174. The van der Waals surface area contributed by atoms with Gasteiger partial charge in [0.25, 0.3) is 5.95 Å². The number of carbonyl (C=O) groups is 1. The van der Waals surface area contributed by atoms with Gasteiger partial charge >= 0.3 is 0 Å². The molecule has 1 atom stereocenters. The van der Waals surface area contributed by atoms with Gasteiger partial charge in [-0.3, -0.25) is 9.69 Å². The molecule has 3 aliphatic rings. The van der Waals surface area contributed by atoms with Crippen LogP contribution in [0, 0.1) is 5.92 Å². The standard InChI is InChI=1S/C19H31N5O2/c1-13(2)18-21-19(22-26-18)23-10-7-16(8-11-23)24-9-3-4-14(12-24)17(25)20-15-5-6-15/h13-16H,3-12H2,1-2H3,(H,20,25)/t14-/m0/s1. The molecule has 26 heavy (non-hydrogen) atoms. The monoisotopic (exact) mass is 361 g/mol. The molecule has 0 radical (unpaired) electrons. The molecule has 0 aromatic carbocycles. The lowest BCUT2D eigenvalue weighted by atomic mass is 9.93. The lowest BCUT2D eigenvalue weighted by molar-refractivity contribution is -0.127. The van der Waals surface area contributed by atoms with Gasteiger partial charge in [-0.2, -0.15) is 4.98 Å². The molecule has 2 aliphatic heterocycles. The Labute approximate surface area is 155 Å². The van der Waals surface area contributed by atoms with Gasteiger partial charge in [0, 0.05) is 37.6 Å². The number of hydrogen-bond acceptors (Lipinski definition) is 6. The van der Waals surface area contributed by atoms with Crippen molar-refractivity contribution in [3.63, 3.8) is 0 Å². The van der Waals surface area contributed by atoms with Crippen molar-refractivity contribution < 1.29 is 9.32 Å². The Bertz CT molecular complexity index is 619. The van der Waals surface area contributed by atoms with E-state index in [4.69, 9.17) is 4.52 Å². The van der Waals surface area contributed by atoms with Crippen molar-refractivity contribution in [2.45, 2.75) is 70.4 Å². The summed E-state index contributed by atoms with van der Waals surface area (Å²) in [5, 5.41) is 7.33. The maximum Gasteiger partial charge on any atom is 0.266 e. The van der Waals surface area contributed by atoms with Crippen LogP contribution in [0.2, 0.25) is 0 Å². The molecular weight excluding hydrogens is 330 g/mol. The fourth-order valence-corrected chi connectivity index (χ4v) is 4.12. The van der Waals surface area contributed by atoms with E-state index in [-0.39, 0.29) is 17.7 Å². The van der Waals surface area contributed by atoms with Gasteiger partial charge < -0.3 is 14.7 Å². The Morgan fingerprint density at radius 1 is 1.15 bits per heavy atom. The number of nitrogens with one attached hydrogen (secondary N) is 1. The van der Waals surface area contributed by atoms with Crippen LogP contribution in [0.4, 0.5) is 5.95 Å². The van der Waals surface area contributed by atoms with E-state index < -0.39 is 0 Å². The average Bonchev–Trinajstić information content (AvgIpc) is 3.33. The van der Waals surface area contributed by atoms with Gasteiger partial charge in [0.2, 0.25) is 11.8 Å². The lowest BCUT2D eigenvalue weighted by Crippen LogP contribution is -2.51. The Hall–Kier alpha value is -1.63. The zero-order chi connectivity index (χ0) is 18.1. The van der Waals surface area contributed by atoms with E-state index in [2.05, 4.69) is 39.1 Å². The van der Waals surface area contributed by atoms with Gasteiger partial charge in [-0.25, -0.2) is 0 Å². The number of hydrogen-bond donors (Lipinski definition) is 1. The van der Waals surface area contributed by atoms with Crippen LogP contribution in [0.5, 0.6) is 0 Å². The molecule has 1 N–H and O–H groups in total. The molecule has 0 spiro atoms. The second kappa shape index (κ2) is 7.55. The number of nitrogens with zero attached hydrogens (tertiary/aromatic N) is 4. The van der Waals surface area contributed by atoms with Gasteiger partial charge in [0.05, 0.1) is 5.92 Å². The normalized spacial score (nSPS) is 25.7. The molecular formula is C19H31N5O2. The van der Waals surface area contributed by atoms with Crippen LogP contribution in [-0.4, -0.2) is 59.2 Å². The molecule has 1 amide bonds. The molecule has 3 heterocycles. The summed E-state index contributed by atoms with van der Waals surface area (Å²) < 4.78 is 5.34. The summed E-state index contributed by atoms with van der Waals surface area (Å²) in [4.78, 5) is 21.7. The number of carbonyl (C=O) groups excluding carboxylic acids is 1. The summed E-state index contributed by atoms with van der Waals surface area (Å²) in [7, 11) is 0. The van der Waals surface area contributed by atoms with Crippen molar-refractivity contribution in [1.82, 2.24) is 20.4 Å². The predicted molar refractivity (Wildman–Crippen MR) is 99.1 cm³/mol. The van der Waals surface area contributed by atoms with E-state index in [1.807, 2.05) is 0 Å². The van der Waals surface area contributed by atoms with Crippen molar-refractivity contribution in [2.75, 3.05) is 31.1 Å². The van der Waals surface area contributed by atoms with E-state index in [9.17, 15) is 4.79 Å². The first-order valence-corrected chi connectivity index (χ1v) is 10.2. The highest BCUT2D eigenvalue weighted by atomic mass is 16.5. The number of amides is 1. The van der Waals surface area contributed by atoms with E-state index in [0.717, 1.165) is 70.7 Å². The van der Waals surface area contributed by atoms with Crippen LogP contribution in [0.1, 0.15) is 64.2 Å². The third-order valence-corrected chi connectivity index (χ3v) is 5.94. The molecule has 1 aromatic rings. The Kier molecular flexibility index (Phi) is 5.16. The van der Waals surface area contributed by atoms with Gasteiger partial charge in [0.15, 0.2) is 0 Å². The van der Waals surface area contributed by atoms with E-state index in [1.54, 1.807) is 0 Å². The molecule has 7 nitrogen and oxygen atoms in total. The Morgan fingerprint density at radius 3 is 2.58 bits per heavy atom. The highest BCUT2D eigenvalue weighted by Crippen LogP contribution is 2.27. The summed E-state index contributed by atoms with van der Waals surface area (Å²) in [5.74, 6) is 2.16. The van der Waals surface area contributed by atoms with E-state index >= 15 is 0 Å². The third-order valence-electron chi connectivity index (χ3n) is 5.94. The van der Waals surface area contributed by atoms with Gasteiger partial charge in [-0.1, -0.05) is 13.8 Å². The highest BCUT2D eigenvalue weighted by Gasteiger charge is 2.34. The molecule has 7 heteroatoms. The van der Waals surface area contributed by atoms with Crippen molar-refractivity contribution >= 4 is 11.9 Å². The summed E-state index contributed by atoms with van der Waals surface area (Å²) in [5.41, 5.74) is 0. The van der Waals surface area contributed by atoms with Crippen LogP contribution in [0.3, 0.4) is 0 Å². The van der Waals surface area contributed by atoms with Crippen molar-refractivity contribution in [1.29, 1.82) is 0 Å². The van der Waals surface area contributed by atoms with Gasteiger partial charge in [0.1, 0.15) is 0 Å². The number of anilines is 1. The minimum absolute atomic E-state index is 0.174. The van der Waals surface area contributed by atoms with E-state index in [0.29, 0.717) is 18.0 Å². The summed E-state index contributed by atoms with van der Waals surface area (Å²) >= 11 is 0. The lowest BCUT2D eigenvalue weighted by Gasteiger charge is -2.41. The molecule has 3 fully saturated rings. The smallest absolute Gasteiger partial charge is 0.266 e. The second-order valence-corrected chi connectivity index (χ2v) is 8.42. The number of piperidine rings is 2. The summed E-state index contributed by atoms with van der Waals surface area (Å²) in [6, 6.07) is 1.03. The maximum atomic E-state index is 12.4. The quantitative estimate of drug-likeness (QED) is 0.866. The number of aromatic nitrogens is 2. The minimum Gasteiger partial charge on any atom is -0.353 e. The molecule has 144 valence electrons. The first-order chi connectivity index (χ1) is 12.6. The highest BCUT2D eigenvalue weighted by molar-refractivity contribution is 5.79. The van der Waals surface area contributed by atoms with Gasteiger partial charge in [-0.15, -0.1) is 0 Å². The summed E-state index contributed by atoms with van der Waals surface area (Å²) in [6.45, 7) is 8.08. The zero-order valence-corrected chi connectivity index (χ0v) is 16.0. The maximum absolute atomic E-state index is 12.4. The van der Waals surface area contributed by atoms with Gasteiger partial charge in [-0.05, 0) is 50.2 Å². The van der Waals surface area contributed by atoms with Crippen LogP contribution in [0.25, 0.3) is 0 Å². The fourth-order valence-electron chi connectivity index (χ4n) is 4.12. The third kappa shape index (κ3) is 4.03. The molecule has 0 bridgehead atoms. The summed E-state index contributed by atoms with van der Waals surface area (Å²) in [6.07, 6.45) is 6.69. The van der Waals surface area contributed by atoms with Crippen LogP contribution < -0.4 is 10.2 Å². The van der Waals surface area contributed by atoms with Crippen molar-refractivity contribution in [3.8, 4) is 0 Å².